The molecule has 4 atom stereocenters. The fraction of sp³-hybridized carbons (Fsp3) is 0.923. The van der Waals surface area contributed by atoms with Crippen LogP contribution in [0.4, 0.5) is 0 Å². The maximum Gasteiger partial charge on any atom is 0.320 e. The van der Waals surface area contributed by atoms with Crippen LogP contribution >= 0.6 is 0 Å². The Hall–Kier alpha value is -0.690. The number of nitrogens with one attached hydrogen (secondary N) is 1. The van der Waals surface area contributed by atoms with Gasteiger partial charge in [-0.15, -0.1) is 0 Å². The Labute approximate surface area is 114 Å². The topological polar surface area (TPSA) is 110 Å². The van der Waals surface area contributed by atoms with Gasteiger partial charge >= 0.3 is 5.97 Å². The van der Waals surface area contributed by atoms with Crippen LogP contribution in [0, 0.1) is 0 Å². The molecule has 1 saturated heterocycles. The lowest BCUT2D eigenvalue weighted by atomic mass is 10.0. The molecule has 1 aliphatic rings. The molecule has 3 unspecified atom stereocenters. The molecule has 1 heterocycles. The Morgan fingerprint density at radius 3 is 2.32 bits per heavy atom. The monoisotopic (exact) mass is 277 g/mol. The van der Waals surface area contributed by atoms with Crippen LogP contribution in [-0.4, -0.2) is 57.3 Å². The second-order valence-electron chi connectivity index (χ2n) is 4.93. The molecular weight excluding hydrogens is 250 g/mol. The minimum atomic E-state index is -0.999. The van der Waals surface area contributed by atoms with E-state index in [9.17, 15) is 9.90 Å². The predicted octanol–water partition coefficient (Wildman–Crippen LogP) is 0.102. The Bertz CT molecular complexity index is 241. The number of hydrogen-bond donors (Lipinski definition) is 5. The highest BCUT2D eigenvalue weighted by molar-refractivity contribution is 5.73. The zero-order chi connectivity index (χ0) is 14.8. The second kappa shape index (κ2) is 10.1. The first-order valence-corrected chi connectivity index (χ1v) is 6.90. The maximum absolute atomic E-state index is 10.1. The number of rotatable bonds is 6. The van der Waals surface area contributed by atoms with E-state index in [1.54, 1.807) is 0 Å². The summed E-state index contributed by atoms with van der Waals surface area (Å²) < 4.78 is 0. The van der Waals surface area contributed by atoms with Crippen LogP contribution in [-0.2, 0) is 4.79 Å². The molecule has 0 radical (unpaired) electrons. The van der Waals surface area contributed by atoms with E-state index in [0.717, 1.165) is 32.2 Å². The van der Waals surface area contributed by atoms with E-state index in [2.05, 4.69) is 5.32 Å². The van der Waals surface area contributed by atoms with Crippen LogP contribution in [0.3, 0.4) is 0 Å². The molecule has 114 valence electrons. The standard InChI is InChI=1S/C8H18O3.C5H9NO2/c1-3-4-5-7(10)8(11)6(2)9;7-5(8)4-2-1-3-6-4/h6-11H,3-5H2,1-2H3;4,6H,1-3H2,(H,7,8)/t;4-/m.0/s1. The van der Waals surface area contributed by atoms with Crippen molar-refractivity contribution in [1.82, 2.24) is 5.32 Å². The predicted molar refractivity (Wildman–Crippen MR) is 71.9 cm³/mol. The van der Waals surface area contributed by atoms with E-state index >= 15 is 0 Å². The van der Waals surface area contributed by atoms with Crippen molar-refractivity contribution in [2.45, 2.75) is 70.3 Å². The molecule has 0 bridgehead atoms. The fourth-order valence-electron chi connectivity index (χ4n) is 1.80. The SMILES string of the molecule is CCCCC(O)C(O)C(C)O.O=C(O)[C@@H]1CCCN1. The summed E-state index contributed by atoms with van der Waals surface area (Å²) in [7, 11) is 0. The molecule has 0 saturated carbocycles. The minimum absolute atomic E-state index is 0.269. The van der Waals surface area contributed by atoms with Crippen molar-refractivity contribution in [2.24, 2.45) is 0 Å². The van der Waals surface area contributed by atoms with Crippen molar-refractivity contribution in [1.29, 1.82) is 0 Å². The summed E-state index contributed by atoms with van der Waals surface area (Å²) in [5.74, 6) is -0.720. The quantitative estimate of drug-likeness (QED) is 0.471. The van der Waals surface area contributed by atoms with E-state index in [1.807, 2.05) is 6.92 Å². The largest absolute Gasteiger partial charge is 0.480 e. The Kier molecular flexibility index (Phi) is 9.77. The van der Waals surface area contributed by atoms with Gasteiger partial charge in [0.2, 0.25) is 0 Å². The molecule has 0 aromatic rings. The summed E-state index contributed by atoms with van der Waals surface area (Å²) in [4.78, 5) is 10.1. The molecule has 1 aliphatic heterocycles. The number of unbranched alkanes of at least 4 members (excludes halogenated alkanes) is 1. The smallest absolute Gasteiger partial charge is 0.320 e. The van der Waals surface area contributed by atoms with Gasteiger partial charge in [0.15, 0.2) is 0 Å². The van der Waals surface area contributed by atoms with Crippen LogP contribution in [0.1, 0.15) is 46.0 Å². The van der Waals surface area contributed by atoms with Gasteiger partial charge in [-0.2, -0.15) is 0 Å². The number of carbonyl (C=O) groups is 1. The summed E-state index contributed by atoms with van der Waals surface area (Å²) in [5, 5.41) is 38.4. The van der Waals surface area contributed by atoms with Gasteiger partial charge in [0.25, 0.3) is 0 Å². The molecule has 5 N–H and O–H groups in total. The first kappa shape index (κ1) is 18.3. The fourth-order valence-corrected chi connectivity index (χ4v) is 1.80. The molecule has 19 heavy (non-hydrogen) atoms. The van der Waals surface area contributed by atoms with Crippen LogP contribution < -0.4 is 5.32 Å². The molecule has 0 aromatic heterocycles. The molecule has 6 heteroatoms. The van der Waals surface area contributed by atoms with Crippen molar-refractivity contribution in [3.05, 3.63) is 0 Å². The zero-order valence-electron chi connectivity index (χ0n) is 11.7. The van der Waals surface area contributed by atoms with Gasteiger partial charge in [0.05, 0.1) is 12.2 Å². The van der Waals surface area contributed by atoms with Crippen LogP contribution in [0.25, 0.3) is 0 Å². The number of hydrogen-bond acceptors (Lipinski definition) is 5. The van der Waals surface area contributed by atoms with Gasteiger partial charge in [0.1, 0.15) is 12.1 Å². The summed E-state index contributed by atoms with van der Waals surface area (Å²) >= 11 is 0. The average Bonchev–Trinajstić information content (AvgIpc) is 2.89. The van der Waals surface area contributed by atoms with Crippen LogP contribution in [0.2, 0.25) is 0 Å². The Balaban J connectivity index is 0.000000356. The molecule has 0 spiro atoms. The van der Waals surface area contributed by atoms with Gasteiger partial charge in [0, 0.05) is 0 Å². The summed E-state index contributed by atoms with van der Waals surface area (Å²) in [6.45, 7) is 4.35. The van der Waals surface area contributed by atoms with Crippen molar-refractivity contribution < 1.29 is 25.2 Å². The van der Waals surface area contributed by atoms with Crippen molar-refractivity contribution in [3.63, 3.8) is 0 Å². The normalized spacial score (nSPS) is 23.1. The third kappa shape index (κ3) is 8.15. The third-order valence-corrected chi connectivity index (χ3v) is 3.10. The van der Waals surface area contributed by atoms with E-state index in [-0.39, 0.29) is 6.04 Å². The van der Waals surface area contributed by atoms with E-state index < -0.39 is 24.3 Å². The maximum atomic E-state index is 10.1. The molecule has 0 amide bonds. The summed E-state index contributed by atoms with van der Waals surface area (Å²) in [6, 6.07) is -0.269. The van der Waals surface area contributed by atoms with E-state index in [0.29, 0.717) is 6.42 Å². The molecule has 1 fully saturated rings. The highest BCUT2D eigenvalue weighted by Crippen LogP contribution is 2.07. The van der Waals surface area contributed by atoms with E-state index in [4.69, 9.17) is 15.3 Å². The van der Waals surface area contributed by atoms with Crippen molar-refractivity contribution >= 4 is 5.97 Å². The van der Waals surface area contributed by atoms with Gasteiger partial charge in [-0.1, -0.05) is 19.8 Å². The molecule has 0 aromatic carbocycles. The highest BCUT2D eigenvalue weighted by atomic mass is 16.4. The lowest BCUT2D eigenvalue weighted by molar-refractivity contribution is -0.139. The molecule has 1 rings (SSSR count). The van der Waals surface area contributed by atoms with Crippen molar-refractivity contribution in [3.8, 4) is 0 Å². The van der Waals surface area contributed by atoms with Crippen LogP contribution in [0.15, 0.2) is 0 Å². The Morgan fingerprint density at radius 1 is 1.37 bits per heavy atom. The molecular formula is C13H27NO5. The second-order valence-corrected chi connectivity index (χ2v) is 4.93. The number of carboxylic acid groups (broad SMARTS) is 1. The first-order chi connectivity index (χ1) is 8.90. The van der Waals surface area contributed by atoms with Gasteiger partial charge in [-0.3, -0.25) is 4.79 Å². The minimum Gasteiger partial charge on any atom is -0.480 e. The Morgan fingerprint density at radius 2 is 2.00 bits per heavy atom. The number of carboxylic acids is 1. The number of aliphatic hydroxyl groups excluding tert-OH is 3. The highest BCUT2D eigenvalue weighted by Gasteiger charge is 2.20. The van der Waals surface area contributed by atoms with Gasteiger partial charge in [-0.25, -0.2) is 0 Å². The lowest BCUT2D eigenvalue weighted by Gasteiger charge is -2.19. The van der Waals surface area contributed by atoms with Gasteiger partial charge < -0.3 is 25.7 Å². The zero-order valence-corrected chi connectivity index (χ0v) is 11.7. The molecule has 0 aliphatic carbocycles. The lowest BCUT2D eigenvalue weighted by Crippen LogP contribution is -2.35. The number of aliphatic hydroxyl groups is 3. The summed E-state index contributed by atoms with van der Waals surface area (Å²) in [6.07, 6.45) is 1.59. The number of aliphatic carboxylic acids is 1. The molecule has 6 nitrogen and oxygen atoms in total. The van der Waals surface area contributed by atoms with Crippen molar-refractivity contribution in [2.75, 3.05) is 6.54 Å². The van der Waals surface area contributed by atoms with Crippen LogP contribution in [0.5, 0.6) is 0 Å². The summed E-state index contributed by atoms with van der Waals surface area (Å²) in [5.41, 5.74) is 0. The van der Waals surface area contributed by atoms with Gasteiger partial charge in [-0.05, 0) is 32.7 Å². The van der Waals surface area contributed by atoms with E-state index in [1.165, 1.54) is 6.92 Å². The first-order valence-electron chi connectivity index (χ1n) is 6.90. The third-order valence-electron chi connectivity index (χ3n) is 3.10. The average molecular weight is 277 g/mol.